The molecule has 162 valence electrons. The van der Waals surface area contributed by atoms with Crippen molar-refractivity contribution in [3.63, 3.8) is 0 Å². The maximum absolute atomic E-state index is 10.3. The van der Waals surface area contributed by atoms with Crippen LogP contribution in [0.2, 0.25) is 0 Å². The Labute approximate surface area is 183 Å². The predicted octanol–water partition coefficient (Wildman–Crippen LogP) is 2.22. The minimum atomic E-state index is -0.578. The molecule has 0 aliphatic heterocycles. The van der Waals surface area contributed by atoms with Gasteiger partial charge in [0.25, 0.3) is 0 Å². The standard InChI is InChI=1S/C8H10.2C6H8O4.Ru/c1-2-4-6-8-7-5-3-1;2*1-9-5(7)3-4-6(8)10-2;/h1-6H,7-8H2;2*3-4H,1-2H3;/b2-1-,5-3-,6-4-;2*4-3+;. The second-order valence-electron chi connectivity index (χ2n) is 4.58. The number of hydrogen-bond acceptors (Lipinski definition) is 8. The van der Waals surface area contributed by atoms with Gasteiger partial charge in [-0.05, 0) is 12.8 Å². The molecular formula is C20H26O8Ru. The Hall–Kier alpha value is -2.80. The van der Waals surface area contributed by atoms with Crippen molar-refractivity contribution in [2.24, 2.45) is 0 Å². The zero-order valence-corrected chi connectivity index (χ0v) is 18.5. The summed E-state index contributed by atoms with van der Waals surface area (Å²) in [5.41, 5.74) is 0. The summed E-state index contributed by atoms with van der Waals surface area (Å²) in [7, 11) is 4.90. The van der Waals surface area contributed by atoms with Gasteiger partial charge in [0.2, 0.25) is 0 Å². The second-order valence-corrected chi connectivity index (χ2v) is 4.58. The molecule has 0 spiro atoms. The number of esters is 4. The van der Waals surface area contributed by atoms with Gasteiger partial charge in [-0.15, -0.1) is 0 Å². The average molecular weight is 495 g/mol. The van der Waals surface area contributed by atoms with Crippen molar-refractivity contribution in [2.45, 2.75) is 12.8 Å². The number of rotatable bonds is 4. The first kappa shape index (κ1) is 30.9. The Balaban J connectivity index is -0.000000345. The minimum absolute atomic E-state index is 0. The molecule has 0 saturated heterocycles. The summed E-state index contributed by atoms with van der Waals surface area (Å²) in [5, 5.41) is 0. The van der Waals surface area contributed by atoms with Crippen LogP contribution in [0.25, 0.3) is 0 Å². The molecule has 0 unspecified atom stereocenters. The first-order chi connectivity index (χ1) is 13.4. The topological polar surface area (TPSA) is 105 Å². The zero-order chi connectivity index (χ0) is 21.6. The number of hydrogen-bond donors (Lipinski definition) is 0. The molecule has 0 saturated carbocycles. The van der Waals surface area contributed by atoms with Crippen molar-refractivity contribution in [2.75, 3.05) is 28.4 Å². The fourth-order valence-electron chi connectivity index (χ4n) is 1.21. The molecule has 8 nitrogen and oxygen atoms in total. The molecule has 0 aromatic carbocycles. The van der Waals surface area contributed by atoms with Gasteiger partial charge in [-0.2, -0.15) is 0 Å². The van der Waals surface area contributed by atoms with Crippen LogP contribution >= 0.6 is 0 Å². The van der Waals surface area contributed by atoms with Gasteiger partial charge in [0.15, 0.2) is 0 Å². The average Bonchev–Trinajstić information content (AvgIpc) is 2.69. The molecule has 1 rings (SSSR count). The molecule has 0 aromatic heterocycles. The number of ether oxygens (including phenoxy) is 4. The van der Waals surface area contributed by atoms with E-state index >= 15 is 0 Å². The maximum atomic E-state index is 10.3. The van der Waals surface area contributed by atoms with Gasteiger partial charge in [-0.25, -0.2) is 19.2 Å². The van der Waals surface area contributed by atoms with Crippen LogP contribution in [0, 0.1) is 0 Å². The number of carbonyl (C=O) groups excluding carboxylic acids is 4. The van der Waals surface area contributed by atoms with Gasteiger partial charge in [0.1, 0.15) is 0 Å². The van der Waals surface area contributed by atoms with E-state index in [1.807, 2.05) is 0 Å². The zero-order valence-electron chi connectivity index (χ0n) is 16.8. The van der Waals surface area contributed by atoms with Crippen LogP contribution in [0.15, 0.2) is 60.8 Å². The third-order valence-corrected chi connectivity index (χ3v) is 2.62. The van der Waals surface area contributed by atoms with Crippen LogP contribution in [-0.4, -0.2) is 52.3 Å². The monoisotopic (exact) mass is 496 g/mol. The van der Waals surface area contributed by atoms with Crippen molar-refractivity contribution < 1.29 is 57.6 Å². The van der Waals surface area contributed by atoms with Gasteiger partial charge in [-0.1, -0.05) is 36.5 Å². The van der Waals surface area contributed by atoms with Crippen LogP contribution in [0.5, 0.6) is 0 Å². The maximum Gasteiger partial charge on any atom is 0.330 e. The van der Waals surface area contributed by atoms with E-state index in [-0.39, 0.29) is 19.5 Å². The van der Waals surface area contributed by atoms with Gasteiger partial charge in [0.05, 0.1) is 28.4 Å². The third-order valence-electron chi connectivity index (χ3n) is 2.62. The quantitative estimate of drug-likeness (QED) is 0.253. The third kappa shape index (κ3) is 25.2. The minimum Gasteiger partial charge on any atom is -0.466 e. The van der Waals surface area contributed by atoms with Crippen LogP contribution in [0.3, 0.4) is 0 Å². The summed E-state index contributed by atoms with van der Waals surface area (Å²) in [6, 6.07) is 0. The molecule has 1 aliphatic carbocycles. The molecule has 9 heteroatoms. The van der Waals surface area contributed by atoms with Crippen molar-refractivity contribution in [1.82, 2.24) is 0 Å². The van der Waals surface area contributed by atoms with E-state index in [0.29, 0.717) is 0 Å². The summed E-state index contributed by atoms with van der Waals surface area (Å²) in [5.74, 6) is -2.31. The largest absolute Gasteiger partial charge is 0.466 e. The molecule has 0 radical (unpaired) electrons. The first-order valence-electron chi connectivity index (χ1n) is 8.07. The van der Waals surface area contributed by atoms with Gasteiger partial charge in [-0.3, -0.25) is 0 Å². The molecule has 1 aliphatic rings. The van der Waals surface area contributed by atoms with E-state index in [2.05, 4.69) is 55.4 Å². The number of allylic oxidation sites excluding steroid dienone is 6. The van der Waals surface area contributed by atoms with E-state index in [1.54, 1.807) is 0 Å². The Morgan fingerprint density at radius 2 is 0.793 bits per heavy atom. The van der Waals surface area contributed by atoms with Crippen molar-refractivity contribution in [3.05, 3.63) is 60.8 Å². The predicted molar refractivity (Wildman–Crippen MR) is 103 cm³/mol. The first-order valence-corrected chi connectivity index (χ1v) is 8.07. The second kappa shape index (κ2) is 23.2. The van der Waals surface area contributed by atoms with Crippen molar-refractivity contribution in [1.29, 1.82) is 0 Å². The van der Waals surface area contributed by atoms with Crippen LogP contribution in [-0.2, 0) is 57.6 Å². The molecule has 0 N–H and O–H groups in total. The van der Waals surface area contributed by atoms with Gasteiger partial charge < -0.3 is 18.9 Å². The van der Waals surface area contributed by atoms with E-state index in [1.165, 1.54) is 41.3 Å². The Bertz CT molecular complexity index is 540. The summed E-state index contributed by atoms with van der Waals surface area (Å²) in [6.45, 7) is 0. The van der Waals surface area contributed by atoms with E-state index in [4.69, 9.17) is 0 Å². The van der Waals surface area contributed by atoms with E-state index < -0.39 is 23.9 Å². The van der Waals surface area contributed by atoms with Crippen LogP contribution in [0.4, 0.5) is 0 Å². The molecule has 0 atom stereocenters. The SMILES string of the molecule is C1=C\C=C/CC\C=C/1.COC(=O)/C=C/C(=O)OC.COC(=O)/C=C/C(=O)OC.[Ru]. The van der Waals surface area contributed by atoms with E-state index in [9.17, 15) is 19.2 Å². The molecule has 29 heavy (non-hydrogen) atoms. The molecular weight excluding hydrogens is 469 g/mol. The van der Waals surface area contributed by atoms with E-state index in [0.717, 1.165) is 24.3 Å². The molecule has 0 heterocycles. The van der Waals surface area contributed by atoms with Gasteiger partial charge in [0, 0.05) is 43.8 Å². The number of methoxy groups -OCH3 is 4. The number of carbonyl (C=O) groups is 4. The molecule has 0 fully saturated rings. The Kier molecular flexibility index (Phi) is 24.8. The van der Waals surface area contributed by atoms with Crippen LogP contribution in [0.1, 0.15) is 12.8 Å². The Morgan fingerprint density at radius 1 is 0.552 bits per heavy atom. The van der Waals surface area contributed by atoms with Crippen molar-refractivity contribution in [3.8, 4) is 0 Å². The summed E-state index contributed by atoms with van der Waals surface area (Å²) >= 11 is 0. The summed E-state index contributed by atoms with van der Waals surface area (Å²) in [6.07, 6.45) is 19.0. The molecule has 0 amide bonds. The molecule has 0 aromatic rings. The van der Waals surface area contributed by atoms with Gasteiger partial charge >= 0.3 is 23.9 Å². The normalized spacial score (nSPS) is 14.8. The smallest absolute Gasteiger partial charge is 0.330 e. The summed E-state index contributed by atoms with van der Waals surface area (Å²) in [4.78, 5) is 41.3. The summed E-state index contributed by atoms with van der Waals surface area (Å²) < 4.78 is 16.8. The fourth-order valence-corrected chi connectivity index (χ4v) is 1.21. The van der Waals surface area contributed by atoms with Crippen molar-refractivity contribution >= 4 is 23.9 Å². The van der Waals surface area contributed by atoms with Crippen LogP contribution < -0.4 is 0 Å². The fraction of sp³-hybridized carbons (Fsp3) is 0.300. The molecule has 0 bridgehead atoms. The Morgan fingerprint density at radius 3 is 1.00 bits per heavy atom.